The first-order chi connectivity index (χ1) is 14.8. The van der Waals surface area contributed by atoms with Gasteiger partial charge in [0.05, 0.1) is 11.3 Å². The lowest BCUT2D eigenvalue weighted by Gasteiger charge is -2.15. The monoisotopic (exact) mass is 422 g/mol. The largest absolute Gasteiger partial charge is 0.350 e. The van der Waals surface area contributed by atoms with Gasteiger partial charge in [-0.25, -0.2) is 18.1 Å². The van der Waals surface area contributed by atoms with Gasteiger partial charge in [0.15, 0.2) is 11.6 Å². The molecule has 0 saturated heterocycles. The van der Waals surface area contributed by atoms with Gasteiger partial charge in [-0.05, 0) is 66.9 Å². The fourth-order valence-corrected chi connectivity index (χ4v) is 3.35. The molecule has 1 heterocycles. The van der Waals surface area contributed by atoms with Crippen molar-refractivity contribution in [3.63, 3.8) is 0 Å². The van der Waals surface area contributed by atoms with Crippen molar-refractivity contribution in [2.45, 2.75) is 13.8 Å². The number of imide groups is 1. The van der Waals surface area contributed by atoms with Crippen molar-refractivity contribution >= 4 is 28.8 Å². The number of hydrogen-bond donors (Lipinski definition) is 1. The van der Waals surface area contributed by atoms with Crippen LogP contribution in [0.25, 0.3) is 5.57 Å². The van der Waals surface area contributed by atoms with Crippen molar-refractivity contribution in [3.8, 4) is 0 Å². The van der Waals surface area contributed by atoms with E-state index in [4.69, 9.17) is 0 Å². The van der Waals surface area contributed by atoms with Gasteiger partial charge in [-0.15, -0.1) is 0 Å². The Morgan fingerprint density at radius 3 is 2.10 bits per heavy atom. The maximum atomic E-state index is 13.8. The van der Waals surface area contributed by atoms with E-state index in [2.05, 4.69) is 5.32 Å². The van der Waals surface area contributed by atoms with Gasteiger partial charge in [0, 0.05) is 11.8 Å². The van der Waals surface area contributed by atoms with Crippen molar-refractivity contribution in [3.05, 3.63) is 101 Å². The third-order valence-electron chi connectivity index (χ3n) is 5.15. The SMILES string of the molecule is Cc1ccc(C2=C(Nc3ccc(F)cc3)C(=O)N(c3ccc(F)c(F)c3)C2=O)cc1C. The average Bonchev–Trinajstić information content (AvgIpc) is 2.98. The molecule has 1 aliphatic heterocycles. The van der Waals surface area contributed by atoms with Crippen molar-refractivity contribution in [2.24, 2.45) is 0 Å². The summed E-state index contributed by atoms with van der Waals surface area (Å²) >= 11 is 0. The number of aryl methyl sites for hydroxylation is 2. The molecule has 31 heavy (non-hydrogen) atoms. The number of amides is 2. The molecule has 0 spiro atoms. The zero-order valence-electron chi connectivity index (χ0n) is 16.7. The molecule has 156 valence electrons. The molecule has 0 aliphatic carbocycles. The van der Waals surface area contributed by atoms with E-state index in [0.717, 1.165) is 34.2 Å². The Hall–Kier alpha value is -3.87. The summed E-state index contributed by atoms with van der Waals surface area (Å²) in [5.74, 6) is -4.12. The first-order valence-electron chi connectivity index (χ1n) is 9.44. The number of nitrogens with zero attached hydrogens (tertiary/aromatic N) is 1. The molecule has 0 saturated carbocycles. The molecule has 7 heteroatoms. The van der Waals surface area contributed by atoms with Crippen molar-refractivity contribution in [1.29, 1.82) is 0 Å². The molecule has 3 aromatic carbocycles. The molecule has 4 rings (SSSR count). The van der Waals surface area contributed by atoms with Crippen molar-refractivity contribution in [2.75, 3.05) is 10.2 Å². The molecule has 0 atom stereocenters. The van der Waals surface area contributed by atoms with Crippen LogP contribution in [0.1, 0.15) is 16.7 Å². The summed E-state index contributed by atoms with van der Waals surface area (Å²) in [6.07, 6.45) is 0. The highest BCUT2D eigenvalue weighted by Crippen LogP contribution is 2.34. The second-order valence-electron chi connectivity index (χ2n) is 7.23. The molecule has 0 fully saturated rings. The molecule has 0 aromatic heterocycles. The lowest BCUT2D eigenvalue weighted by molar-refractivity contribution is -0.120. The number of benzene rings is 3. The van der Waals surface area contributed by atoms with Crippen LogP contribution in [0, 0.1) is 31.3 Å². The third kappa shape index (κ3) is 3.70. The number of anilines is 2. The van der Waals surface area contributed by atoms with Gasteiger partial charge in [-0.3, -0.25) is 9.59 Å². The molecule has 2 amide bonds. The van der Waals surface area contributed by atoms with Crippen molar-refractivity contribution < 1.29 is 22.8 Å². The Morgan fingerprint density at radius 2 is 1.45 bits per heavy atom. The number of hydrogen-bond acceptors (Lipinski definition) is 3. The van der Waals surface area contributed by atoms with Crippen LogP contribution in [0.4, 0.5) is 24.5 Å². The Labute approximate surface area is 176 Å². The van der Waals surface area contributed by atoms with Gasteiger partial charge in [-0.1, -0.05) is 18.2 Å². The average molecular weight is 422 g/mol. The second-order valence-corrected chi connectivity index (χ2v) is 7.23. The highest BCUT2D eigenvalue weighted by Gasteiger charge is 2.40. The highest BCUT2D eigenvalue weighted by molar-refractivity contribution is 6.46. The van der Waals surface area contributed by atoms with Gasteiger partial charge in [0.2, 0.25) is 0 Å². The van der Waals surface area contributed by atoms with E-state index in [9.17, 15) is 22.8 Å². The number of halogens is 3. The van der Waals surface area contributed by atoms with E-state index in [0.29, 0.717) is 11.3 Å². The quantitative estimate of drug-likeness (QED) is 0.594. The van der Waals surface area contributed by atoms with Crippen LogP contribution >= 0.6 is 0 Å². The summed E-state index contributed by atoms with van der Waals surface area (Å²) < 4.78 is 40.5. The maximum absolute atomic E-state index is 13.8. The first-order valence-corrected chi connectivity index (χ1v) is 9.44. The first kappa shape index (κ1) is 20.4. The van der Waals surface area contributed by atoms with E-state index in [1.807, 2.05) is 19.9 Å². The summed E-state index contributed by atoms with van der Waals surface area (Å²) in [6, 6.07) is 13.4. The van der Waals surface area contributed by atoms with Gasteiger partial charge < -0.3 is 5.32 Å². The molecule has 3 aromatic rings. The topological polar surface area (TPSA) is 49.4 Å². The number of carbonyl (C=O) groups excluding carboxylic acids is 2. The standard InChI is InChI=1S/C24H17F3N2O2/c1-13-3-4-15(11-14(13)2)21-22(28-17-7-5-16(25)6-8-17)24(31)29(23(21)30)18-9-10-19(26)20(27)12-18/h3-12,28H,1-2H3. The van der Waals surface area contributed by atoms with Gasteiger partial charge in [0.1, 0.15) is 11.5 Å². The van der Waals surface area contributed by atoms with E-state index in [1.54, 1.807) is 12.1 Å². The van der Waals surface area contributed by atoms with Gasteiger partial charge in [0.25, 0.3) is 11.8 Å². The summed E-state index contributed by atoms with van der Waals surface area (Å²) in [5.41, 5.74) is 2.77. The number of carbonyl (C=O) groups is 2. The minimum Gasteiger partial charge on any atom is -0.350 e. The molecule has 1 aliphatic rings. The molecular formula is C24H17F3N2O2. The summed E-state index contributed by atoms with van der Waals surface area (Å²) in [4.78, 5) is 27.3. The molecule has 0 radical (unpaired) electrons. The van der Waals surface area contributed by atoms with Gasteiger partial charge in [-0.2, -0.15) is 0 Å². The van der Waals surface area contributed by atoms with Crippen LogP contribution in [0.3, 0.4) is 0 Å². The lowest BCUT2D eigenvalue weighted by atomic mass is 9.99. The highest BCUT2D eigenvalue weighted by atomic mass is 19.2. The fourth-order valence-electron chi connectivity index (χ4n) is 3.35. The van der Waals surface area contributed by atoms with Crippen LogP contribution in [0.5, 0.6) is 0 Å². The summed E-state index contributed by atoms with van der Waals surface area (Å²) in [7, 11) is 0. The van der Waals surface area contributed by atoms with Crippen LogP contribution < -0.4 is 10.2 Å². The Bertz CT molecular complexity index is 1250. The minimum atomic E-state index is -1.18. The summed E-state index contributed by atoms with van der Waals surface area (Å²) in [5, 5.41) is 2.89. The fraction of sp³-hybridized carbons (Fsp3) is 0.0833. The summed E-state index contributed by atoms with van der Waals surface area (Å²) in [6.45, 7) is 3.79. The van der Waals surface area contributed by atoms with Crippen LogP contribution in [0.2, 0.25) is 0 Å². The predicted molar refractivity (Wildman–Crippen MR) is 112 cm³/mol. The minimum absolute atomic E-state index is 0.0374. The Morgan fingerprint density at radius 1 is 0.742 bits per heavy atom. The molecule has 0 unspecified atom stereocenters. The predicted octanol–water partition coefficient (Wildman–Crippen LogP) is 5.12. The van der Waals surface area contributed by atoms with Crippen LogP contribution in [-0.2, 0) is 9.59 Å². The molecular weight excluding hydrogens is 405 g/mol. The number of rotatable bonds is 4. The second kappa shape index (κ2) is 7.75. The normalized spacial score (nSPS) is 13.9. The van der Waals surface area contributed by atoms with Crippen LogP contribution in [-0.4, -0.2) is 11.8 Å². The van der Waals surface area contributed by atoms with E-state index >= 15 is 0 Å². The Kier molecular flexibility index (Phi) is 5.10. The van der Waals surface area contributed by atoms with E-state index < -0.39 is 29.3 Å². The molecule has 1 N–H and O–H groups in total. The Balaban J connectivity index is 1.84. The van der Waals surface area contributed by atoms with E-state index in [-0.39, 0.29) is 17.0 Å². The smallest absolute Gasteiger partial charge is 0.282 e. The molecule has 0 bridgehead atoms. The third-order valence-corrected chi connectivity index (χ3v) is 5.15. The maximum Gasteiger partial charge on any atom is 0.282 e. The number of nitrogens with one attached hydrogen (secondary N) is 1. The zero-order valence-corrected chi connectivity index (χ0v) is 16.7. The lowest BCUT2D eigenvalue weighted by Crippen LogP contribution is -2.32. The van der Waals surface area contributed by atoms with Crippen LogP contribution in [0.15, 0.2) is 66.4 Å². The van der Waals surface area contributed by atoms with Gasteiger partial charge >= 0.3 is 0 Å². The van der Waals surface area contributed by atoms with E-state index in [1.165, 1.54) is 24.3 Å². The molecule has 4 nitrogen and oxygen atoms in total. The van der Waals surface area contributed by atoms with Crippen molar-refractivity contribution in [1.82, 2.24) is 0 Å². The zero-order chi connectivity index (χ0) is 22.3.